The van der Waals surface area contributed by atoms with E-state index in [0.29, 0.717) is 27.7 Å². The van der Waals surface area contributed by atoms with Crippen LogP contribution in [0.2, 0.25) is 0 Å². The number of nitro benzene ring substituents is 1. The summed E-state index contributed by atoms with van der Waals surface area (Å²) in [6.07, 6.45) is 3.36. The van der Waals surface area contributed by atoms with Gasteiger partial charge in [0.2, 0.25) is 0 Å². The van der Waals surface area contributed by atoms with Crippen molar-refractivity contribution in [1.29, 1.82) is 0 Å². The number of ether oxygens (including phenoxy) is 1. The quantitative estimate of drug-likeness (QED) is 0.542. The third-order valence-corrected chi connectivity index (χ3v) is 4.28. The Hall–Kier alpha value is -2.94. The molecule has 0 saturated heterocycles. The van der Waals surface area contributed by atoms with Crippen LogP contribution in [0.3, 0.4) is 0 Å². The summed E-state index contributed by atoms with van der Waals surface area (Å²) < 4.78 is 6.99. The van der Waals surface area contributed by atoms with Gasteiger partial charge < -0.3 is 9.84 Å². The minimum atomic E-state index is -0.901. The number of carbonyl (C=O) groups is 1. The molecule has 0 aliphatic carbocycles. The molecule has 9 heteroatoms. The Morgan fingerprint density at radius 2 is 2.25 bits per heavy atom. The largest absolute Gasteiger partial charge is 0.487 e. The summed E-state index contributed by atoms with van der Waals surface area (Å²) in [7, 11) is 0. The predicted octanol–water partition coefficient (Wildman–Crippen LogP) is 3.00. The third kappa shape index (κ3) is 3.06. The van der Waals surface area contributed by atoms with Crippen LogP contribution in [0.1, 0.15) is 11.8 Å². The fourth-order valence-corrected chi connectivity index (χ4v) is 3.26. The summed E-state index contributed by atoms with van der Waals surface area (Å²) in [5.74, 6) is -0.683. The summed E-state index contributed by atoms with van der Waals surface area (Å²) in [6.45, 7) is 2.10. The van der Waals surface area contributed by atoms with E-state index in [0.717, 1.165) is 0 Å². The molecule has 0 aliphatic heterocycles. The number of hydrogen-bond donors (Lipinski definition) is 1. The van der Waals surface area contributed by atoms with Gasteiger partial charge in [0, 0.05) is 28.9 Å². The van der Waals surface area contributed by atoms with E-state index in [9.17, 15) is 14.9 Å². The highest BCUT2D eigenvalue weighted by atomic mass is 32.1. The fourth-order valence-electron chi connectivity index (χ4n) is 2.31. The Morgan fingerprint density at radius 3 is 2.88 bits per heavy atom. The fraction of sp³-hybridized carbons (Fsp3) is 0.200. The van der Waals surface area contributed by atoms with Gasteiger partial charge in [0.05, 0.1) is 23.6 Å². The van der Waals surface area contributed by atoms with Crippen molar-refractivity contribution < 1.29 is 19.6 Å². The Balaban J connectivity index is 1.97. The number of imidazole rings is 1. The lowest BCUT2D eigenvalue weighted by Gasteiger charge is -2.05. The van der Waals surface area contributed by atoms with Crippen LogP contribution >= 0.6 is 11.3 Å². The van der Waals surface area contributed by atoms with Crippen LogP contribution in [-0.4, -0.2) is 32.0 Å². The number of fused-ring (bicyclic) bond motifs is 1. The third-order valence-electron chi connectivity index (χ3n) is 3.28. The van der Waals surface area contributed by atoms with E-state index in [-0.39, 0.29) is 17.9 Å². The zero-order chi connectivity index (χ0) is 17.3. The molecule has 3 aromatic rings. The van der Waals surface area contributed by atoms with Gasteiger partial charge in [-0.2, -0.15) is 0 Å². The van der Waals surface area contributed by atoms with Crippen LogP contribution in [-0.2, 0) is 11.2 Å². The van der Waals surface area contributed by atoms with Gasteiger partial charge in [-0.15, -0.1) is 11.3 Å². The molecule has 8 nitrogen and oxygen atoms in total. The van der Waals surface area contributed by atoms with Crippen molar-refractivity contribution in [2.24, 2.45) is 0 Å². The Bertz CT molecular complexity index is 899. The van der Waals surface area contributed by atoms with E-state index in [4.69, 9.17) is 9.84 Å². The molecule has 2 heterocycles. The maximum atomic E-state index is 11.2. The zero-order valence-corrected chi connectivity index (χ0v) is 13.4. The Labute approximate surface area is 140 Å². The zero-order valence-electron chi connectivity index (χ0n) is 12.6. The van der Waals surface area contributed by atoms with E-state index in [2.05, 4.69) is 4.98 Å². The van der Waals surface area contributed by atoms with Crippen LogP contribution < -0.4 is 4.74 Å². The van der Waals surface area contributed by atoms with Crippen molar-refractivity contribution in [3.63, 3.8) is 0 Å². The van der Waals surface area contributed by atoms with Crippen molar-refractivity contribution in [2.75, 3.05) is 6.61 Å². The lowest BCUT2D eigenvalue weighted by molar-refractivity contribution is -0.385. The van der Waals surface area contributed by atoms with E-state index >= 15 is 0 Å². The Morgan fingerprint density at radius 1 is 1.46 bits per heavy atom. The standard InChI is InChI=1S/C15H13N3O5S/c1-2-23-13-4-3-9(5-12(13)18(21)22)11-8-17-7-10(6-14(19)20)24-15(17)16-11/h3-5,7-8H,2,6H2,1H3,(H,19,20). The SMILES string of the molecule is CCOc1ccc(-c2cn3cc(CC(=O)O)sc3n2)cc1[N+](=O)[O-]. The summed E-state index contributed by atoms with van der Waals surface area (Å²) in [6, 6.07) is 4.69. The number of aromatic nitrogens is 2. The lowest BCUT2D eigenvalue weighted by Crippen LogP contribution is -1.98. The van der Waals surface area contributed by atoms with Crippen molar-refractivity contribution >= 4 is 28.0 Å². The first kappa shape index (κ1) is 15.9. The molecule has 0 fully saturated rings. The molecule has 0 saturated carbocycles. The average molecular weight is 347 g/mol. The maximum absolute atomic E-state index is 11.2. The number of benzene rings is 1. The van der Waals surface area contributed by atoms with E-state index < -0.39 is 10.9 Å². The normalized spacial score (nSPS) is 10.9. The number of aliphatic carboxylic acids is 1. The van der Waals surface area contributed by atoms with Gasteiger partial charge in [-0.05, 0) is 19.1 Å². The second-order valence-electron chi connectivity index (χ2n) is 4.96. The minimum absolute atomic E-state index is 0.0577. The first-order valence-electron chi connectivity index (χ1n) is 7.08. The highest BCUT2D eigenvalue weighted by Crippen LogP contribution is 2.33. The summed E-state index contributed by atoms with van der Waals surface area (Å²) in [5, 5.41) is 20.0. The number of nitrogens with zero attached hydrogens (tertiary/aromatic N) is 3. The van der Waals surface area contributed by atoms with Crippen LogP contribution in [0.15, 0.2) is 30.6 Å². The monoisotopic (exact) mass is 347 g/mol. The molecule has 3 rings (SSSR count). The van der Waals surface area contributed by atoms with Gasteiger partial charge in [-0.1, -0.05) is 0 Å². The molecule has 124 valence electrons. The molecule has 0 radical (unpaired) electrons. The molecular formula is C15H13N3O5S. The van der Waals surface area contributed by atoms with Crippen LogP contribution in [0.4, 0.5) is 5.69 Å². The van der Waals surface area contributed by atoms with E-state index in [1.54, 1.807) is 35.9 Å². The second kappa shape index (κ2) is 6.28. The molecule has 1 aromatic carbocycles. The molecule has 0 amide bonds. The van der Waals surface area contributed by atoms with Crippen molar-refractivity contribution in [3.05, 3.63) is 45.6 Å². The average Bonchev–Trinajstić information content (AvgIpc) is 3.05. The molecule has 0 spiro atoms. The number of nitro groups is 1. The van der Waals surface area contributed by atoms with Crippen molar-refractivity contribution in [2.45, 2.75) is 13.3 Å². The predicted molar refractivity (Wildman–Crippen MR) is 87.7 cm³/mol. The van der Waals surface area contributed by atoms with Crippen LogP contribution in [0.5, 0.6) is 5.75 Å². The molecule has 0 aliphatic rings. The molecular weight excluding hydrogens is 334 g/mol. The number of rotatable bonds is 6. The number of hydrogen-bond acceptors (Lipinski definition) is 6. The molecule has 0 unspecified atom stereocenters. The lowest BCUT2D eigenvalue weighted by atomic mass is 10.1. The second-order valence-corrected chi connectivity index (χ2v) is 6.05. The van der Waals surface area contributed by atoms with Gasteiger partial charge in [0.15, 0.2) is 10.7 Å². The summed E-state index contributed by atoms with van der Waals surface area (Å²) in [5.41, 5.74) is 1.06. The van der Waals surface area contributed by atoms with Gasteiger partial charge in [0.25, 0.3) is 0 Å². The Kier molecular flexibility index (Phi) is 4.17. The van der Waals surface area contributed by atoms with E-state index in [1.807, 2.05) is 0 Å². The highest BCUT2D eigenvalue weighted by molar-refractivity contribution is 7.17. The highest BCUT2D eigenvalue weighted by Gasteiger charge is 2.18. The minimum Gasteiger partial charge on any atom is -0.487 e. The summed E-state index contributed by atoms with van der Waals surface area (Å²) in [4.78, 5) is 27.2. The van der Waals surface area contributed by atoms with Gasteiger partial charge in [-0.3, -0.25) is 19.3 Å². The molecule has 24 heavy (non-hydrogen) atoms. The van der Waals surface area contributed by atoms with Crippen molar-refractivity contribution in [3.8, 4) is 17.0 Å². The van der Waals surface area contributed by atoms with Gasteiger partial charge >= 0.3 is 11.7 Å². The van der Waals surface area contributed by atoms with Crippen LogP contribution in [0.25, 0.3) is 16.2 Å². The number of carboxylic acid groups (broad SMARTS) is 1. The molecule has 0 atom stereocenters. The van der Waals surface area contributed by atoms with Crippen LogP contribution in [0, 0.1) is 10.1 Å². The molecule has 2 aromatic heterocycles. The first-order valence-corrected chi connectivity index (χ1v) is 7.90. The number of carboxylic acids is 1. The maximum Gasteiger partial charge on any atom is 0.311 e. The summed E-state index contributed by atoms with van der Waals surface area (Å²) >= 11 is 1.28. The number of thiazole rings is 1. The molecule has 1 N–H and O–H groups in total. The van der Waals surface area contributed by atoms with Gasteiger partial charge in [-0.25, -0.2) is 4.98 Å². The smallest absolute Gasteiger partial charge is 0.311 e. The van der Waals surface area contributed by atoms with E-state index in [1.165, 1.54) is 17.4 Å². The van der Waals surface area contributed by atoms with Crippen molar-refractivity contribution in [1.82, 2.24) is 9.38 Å². The molecule has 0 bridgehead atoms. The topological polar surface area (TPSA) is 107 Å². The van der Waals surface area contributed by atoms with Gasteiger partial charge in [0.1, 0.15) is 0 Å². The first-order chi connectivity index (χ1) is 11.5.